The average molecular weight is 160 g/mol. The van der Waals surface area contributed by atoms with Crippen LogP contribution in [0, 0.1) is 0 Å². The number of fused-ring (bicyclic) bond motifs is 1. The van der Waals surface area contributed by atoms with Gasteiger partial charge in [0.05, 0.1) is 5.52 Å². The molecule has 1 heterocycles. The average Bonchev–Trinajstić information content (AvgIpc) is 2.49. The molecule has 1 aromatic heterocycles. The van der Waals surface area contributed by atoms with Crippen molar-refractivity contribution in [2.45, 2.75) is 19.8 Å². The van der Waals surface area contributed by atoms with Crippen molar-refractivity contribution in [1.82, 2.24) is 10.2 Å². The highest BCUT2D eigenvalue weighted by Gasteiger charge is 2.05. The lowest BCUT2D eigenvalue weighted by Gasteiger charge is -2.04. The maximum absolute atomic E-state index is 4.21. The van der Waals surface area contributed by atoms with Gasteiger partial charge < -0.3 is 0 Å². The van der Waals surface area contributed by atoms with Crippen molar-refractivity contribution < 1.29 is 0 Å². The lowest BCUT2D eigenvalue weighted by molar-refractivity contribution is 0.871. The van der Waals surface area contributed by atoms with E-state index in [0.29, 0.717) is 5.92 Å². The Labute approximate surface area is 71.6 Å². The van der Waals surface area contributed by atoms with Crippen LogP contribution in [0.1, 0.15) is 25.3 Å². The zero-order valence-corrected chi connectivity index (χ0v) is 7.33. The third kappa shape index (κ3) is 0.998. The number of nitrogens with zero attached hydrogens (tertiary/aromatic N) is 1. The van der Waals surface area contributed by atoms with Gasteiger partial charge >= 0.3 is 0 Å². The van der Waals surface area contributed by atoms with Crippen molar-refractivity contribution >= 4 is 10.9 Å². The molecule has 2 nitrogen and oxygen atoms in total. The quantitative estimate of drug-likeness (QED) is 0.682. The number of hydrogen-bond acceptors (Lipinski definition) is 1. The lowest BCUT2D eigenvalue weighted by Crippen LogP contribution is -1.88. The Hall–Kier alpha value is -1.31. The van der Waals surface area contributed by atoms with Gasteiger partial charge in [0.2, 0.25) is 0 Å². The van der Waals surface area contributed by atoms with Gasteiger partial charge in [-0.15, -0.1) is 0 Å². The summed E-state index contributed by atoms with van der Waals surface area (Å²) in [5, 5.41) is 8.29. The van der Waals surface area contributed by atoms with Crippen LogP contribution in [0.2, 0.25) is 0 Å². The molecular formula is C10H12N2. The van der Waals surface area contributed by atoms with E-state index in [1.54, 1.807) is 0 Å². The first-order valence-corrected chi connectivity index (χ1v) is 4.21. The summed E-state index contributed by atoms with van der Waals surface area (Å²) in [4.78, 5) is 0. The van der Waals surface area contributed by atoms with E-state index in [2.05, 4.69) is 42.2 Å². The molecule has 0 aliphatic carbocycles. The van der Waals surface area contributed by atoms with Crippen molar-refractivity contribution in [2.75, 3.05) is 0 Å². The molecule has 0 saturated heterocycles. The predicted octanol–water partition coefficient (Wildman–Crippen LogP) is 2.69. The fourth-order valence-electron chi connectivity index (χ4n) is 1.46. The SMILES string of the molecule is CC(C)c1cccc2c[nH]nc12. The first kappa shape index (κ1) is 7.35. The van der Waals surface area contributed by atoms with Crippen LogP contribution in [0.3, 0.4) is 0 Å². The molecular weight excluding hydrogens is 148 g/mol. The van der Waals surface area contributed by atoms with E-state index in [1.165, 1.54) is 10.9 Å². The van der Waals surface area contributed by atoms with E-state index in [-0.39, 0.29) is 0 Å². The fourth-order valence-corrected chi connectivity index (χ4v) is 1.46. The van der Waals surface area contributed by atoms with Crippen LogP contribution in [0.25, 0.3) is 10.9 Å². The molecule has 0 unspecified atom stereocenters. The van der Waals surface area contributed by atoms with Crippen LogP contribution in [0.4, 0.5) is 0 Å². The Bertz CT molecular complexity index is 387. The normalized spacial score (nSPS) is 11.2. The minimum atomic E-state index is 0.539. The second kappa shape index (κ2) is 2.63. The second-order valence-corrected chi connectivity index (χ2v) is 3.33. The summed E-state index contributed by atoms with van der Waals surface area (Å²) < 4.78 is 0. The summed E-state index contributed by atoms with van der Waals surface area (Å²) in [7, 11) is 0. The minimum Gasteiger partial charge on any atom is -0.285 e. The molecule has 0 aliphatic heterocycles. The second-order valence-electron chi connectivity index (χ2n) is 3.33. The molecule has 0 spiro atoms. The number of hydrogen-bond donors (Lipinski definition) is 1. The molecule has 0 bridgehead atoms. The van der Waals surface area contributed by atoms with Gasteiger partial charge in [-0.05, 0) is 11.5 Å². The van der Waals surface area contributed by atoms with Crippen LogP contribution < -0.4 is 0 Å². The lowest BCUT2D eigenvalue weighted by atomic mass is 10.0. The first-order valence-electron chi connectivity index (χ1n) is 4.21. The fraction of sp³-hybridized carbons (Fsp3) is 0.300. The van der Waals surface area contributed by atoms with Crippen molar-refractivity contribution in [3.63, 3.8) is 0 Å². The summed E-state index contributed by atoms with van der Waals surface area (Å²) in [6.45, 7) is 4.37. The molecule has 0 saturated carbocycles. The topological polar surface area (TPSA) is 28.7 Å². The maximum atomic E-state index is 4.21. The van der Waals surface area contributed by atoms with Crippen molar-refractivity contribution in [3.8, 4) is 0 Å². The Morgan fingerprint density at radius 2 is 2.17 bits per heavy atom. The van der Waals surface area contributed by atoms with E-state index in [9.17, 15) is 0 Å². The molecule has 62 valence electrons. The highest BCUT2D eigenvalue weighted by Crippen LogP contribution is 2.22. The van der Waals surface area contributed by atoms with E-state index in [0.717, 1.165) is 5.52 Å². The Balaban J connectivity index is 2.73. The van der Waals surface area contributed by atoms with Gasteiger partial charge in [-0.1, -0.05) is 32.0 Å². The van der Waals surface area contributed by atoms with E-state index in [1.807, 2.05) is 6.20 Å². The molecule has 2 aromatic rings. The van der Waals surface area contributed by atoms with E-state index >= 15 is 0 Å². The molecule has 0 radical (unpaired) electrons. The Kier molecular flexibility index (Phi) is 1.61. The molecule has 2 rings (SSSR count). The summed E-state index contributed by atoms with van der Waals surface area (Å²) in [6.07, 6.45) is 1.93. The first-order chi connectivity index (χ1) is 5.79. The van der Waals surface area contributed by atoms with Gasteiger partial charge in [0.1, 0.15) is 0 Å². The van der Waals surface area contributed by atoms with Gasteiger partial charge in [-0.2, -0.15) is 5.10 Å². The van der Waals surface area contributed by atoms with Crippen LogP contribution in [0.5, 0.6) is 0 Å². The van der Waals surface area contributed by atoms with E-state index < -0.39 is 0 Å². The van der Waals surface area contributed by atoms with Crippen molar-refractivity contribution in [3.05, 3.63) is 30.0 Å². The van der Waals surface area contributed by atoms with Gasteiger partial charge in [-0.3, -0.25) is 5.10 Å². The summed E-state index contributed by atoms with van der Waals surface area (Å²) in [5.74, 6) is 0.539. The third-order valence-corrected chi connectivity index (χ3v) is 2.12. The molecule has 0 atom stereocenters. The van der Waals surface area contributed by atoms with Crippen molar-refractivity contribution in [1.29, 1.82) is 0 Å². The standard InChI is InChI=1S/C10H12N2/c1-7(2)9-5-3-4-8-6-11-12-10(8)9/h3-7H,1-2H3,(H,11,12). The zero-order valence-electron chi connectivity index (χ0n) is 7.33. The van der Waals surface area contributed by atoms with Crippen LogP contribution in [-0.2, 0) is 0 Å². The van der Waals surface area contributed by atoms with Crippen molar-refractivity contribution in [2.24, 2.45) is 0 Å². The molecule has 1 N–H and O–H groups in total. The molecule has 12 heavy (non-hydrogen) atoms. The van der Waals surface area contributed by atoms with E-state index in [4.69, 9.17) is 0 Å². The van der Waals surface area contributed by atoms with Crippen LogP contribution >= 0.6 is 0 Å². The number of H-pyrrole nitrogens is 1. The van der Waals surface area contributed by atoms with Gasteiger partial charge in [0.25, 0.3) is 0 Å². The predicted molar refractivity (Wildman–Crippen MR) is 50.2 cm³/mol. The number of aromatic nitrogens is 2. The number of aromatic amines is 1. The Morgan fingerprint density at radius 3 is 2.92 bits per heavy atom. The highest BCUT2D eigenvalue weighted by atomic mass is 15.1. The third-order valence-electron chi connectivity index (χ3n) is 2.12. The molecule has 0 fully saturated rings. The minimum absolute atomic E-state index is 0.539. The van der Waals surface area contributed by atoms with Gasteiger partial charge in [0, 0.05) is 11.6 Å². The van der Waals surface area contributed by atoms with Crippen LogP contribution in [-0.4, -0.2) is 10.2 Å². The smallest absolute Gasteiger partial charge is 0.0955 e. The molecule has 0 aliphatic rings. The largest absolute Gasteiger partial charge is 0.285 e. The highest BCUT2D eigenvalue weighted by molar-refractivity contribution is 5.81. The Morgan fingerprint density at radius 1 is 1.33 bits per heavy atom. The molecule has 1 aromatic carbocycles. The summed E-state index contributed by atoms with van der Waals surface area (Å²) in [6, 6.07) is 6.28. The number of rotatable bonds is 1. The maximum Gasteiger partial charge on any atom is 0.0955 e. The summed E-state index contributed by atoms with van der Waals surface area (Å²) >= 11 is 0. The van der Waals surface area contributed by atoms with Crippen LogP contribution in [0.15, 0.2) is 24.4 Å². The molecule has 2 heteroatoms. The monoisotopic (exact) mass is 160 g/mol. The number of nitrogens with one attached hydrogen (secondary N) is 1. The molecule has 0 amide bonds. The van der Waals surface area contributed by atoms with Gasteiger partial charge in [-0.25, -0.2) is 0 Å². The summed E-state index contributed by atoms with van der Waals surface area (Å²) in [5.41, 5.74) is 2.42. The number of benzene rings is 1. The van der Waals surface area contributed by atoms with Gasteiger partial charge in [0.15, 0.2) is 0 Å². The number of para-hydroxylation sites is 1. The zero-order chi connectivity index (χ0) is 8.55.